The van der Waals surface area contributed by atoms with Gasteiger partial charge in [-0.15, -0.1) is 0 Å². The van der Waals surface area contributed by atoms with E-state index in [1.54, 1.807) is 10.4 Å². The molecule has 1 aliphatic heterocycles. The smallest absolute Gasteiger partial charge is 0.256 e. The number of sulfonamides is 1. The molecule has 0 radical (unpaired) electrons. The zero-order chi connectivity index (χ0) is 20.4. The molecule has 2 heterocycles. The Balaban J connectivity index is 1.71. The van der Waals surface area contributed by atoms with Gasteiger partial charge in [0.15, 0.2) is 5.82 Å². The van der Waals surface area contributed by atoms with Crippen LogP contribution in [0.25, 0.3) is 0 Å². The summed E-state index contributed by atoms with van der Waals surface area (Å²) in [5.41, 5.74) is 0.148. The van der Waals surface area contributed by atoms with Gasteiger partial charge in [0.1, 0.15) is 5.76 Å². The molecule has 1 saturated heterocycles. The van der Waals surface area contributed by atoms with Gasteiger partial charge in [-0.2, -0.15) is 4.31 Å². The highest BCUT2D eigenvalue weighted by atomic mass is 32.2. The van der Waals surface area contributed by atoms with E-state index in [4.69, 9.17) is 4.52 Å². The molecule has 3 rings (SSSR count). The minimum absolute atomic E-state index is 0.209. The molecular formula is C20H27N3O4S. The normalized spacial score (nSPS) is 16.5. The van der Waals surface area contributed by atoms with Crippen LogP contribution in [-0.4, -0.2) is 36.9 Å². The van der Waals surface area contributed by atoms with Crippen LogP contribution in [0.1, 0.15) is 62.6 Å². The molecule has 0 spiro atoms. The highest BCUT2D eigenvalue weighted by Gasteiger charge is 2.25. The van der Waals surface area contributed by atoms with E-state index in [0.717, 1.165) is 25.7 Å². The van der Waals surface area contributed by atoms with Crippen LogP contribution in [-0.2, 0) is 15.4 Å². The summed E-state index contributed by atoms with van der Waals surface area (Å²) < 4.78 is 32.4. The first-order valence-corrected chi connectivity index (χ1v) is 11.0. The van der Waals surface area contributed by atoms with Crippen molar-refractivity contribution in [1.29, 1.82) is 0 Å². The molecule has 152 valence electrons. The van der Waals surface area contributed by atoms with Gasteiger partial charge in [0.2, 0.25) is 10.0 Å². The summed E-state index contributed by atoms with van der Waals surface area (Å²) in [5.74, 6) is 0.630. The van der Waals surface area contributed by atoms with E-state index in [9.17, 15) is 13.2 Å². The predicted molar refractivity (Wildman–Crippen MR) is 107 cm³/mol. The van der Waals surface area contributed by atoms with Crippen LogP contribution < -0.4 is 5.32 Å². The molecule has 1 amide bonds. The Morgan fingerprint density at radius 1 is 1.07 bits per heavy atom. The van der Waals surface area contributed by atoms with Crippen molar-refractivity contribution in [3.8, 4) is 0 Å². The predicted octanol–water partition coefficient (Wildman–Crippen LogP) is 3.79. The van der Waals surface area contributed by atoms with E-state index in [1.165, 1.54) is 24.3 Å². The Bertz CT molecular complexity index is 919. The standard InChI is InChI=1S/C20H27N3O4S/c1-20(2,3)17-14-18(22-27-17)21-19(24)15-8-10-16(11-9-15)28(25,26)23-12-6-4-5-7-13-23/h8-11,14H,4-7,12-13H2,1-3H3,(H,21,22,24). The largest absolute Gasteiger partial charge is 0.359 e. The number of rotatable bonds is 4. The molecule has 1 aromatic carbocycles. The number of hydrogen-bond acceptors (Lipinski definition) is 5. The van der Waals surface area contributed by atoms with E-state index >= 15 is 0 Å². The molecule has 7 nitrogen and oxygen atoms in total. The van der Waals surface area contributed by atoms with Crippen LogP contribution in [0, 0.1) is 0 Å². The Morgan fingerprint density at radius 3 is 2.21 bits per heavy atom. The first-order valence-electron chi connectivity index (χ1n) is 9.57. The summed E-state index contributed by atoms with van der Waals surface area (Å²) in [5, 5.41) is 6.54. The van der Waals surface area contributed by atoms with Gasteiger partial charge in [-0.25, -0.2) is 8.42 Å². The lowest BCUT2D eigenvalue weighted by molar-refractivity contribution is 0.102. The lowest BCUT2D eigenvalue weighted by Gasteiger charge is -2.20. The molecule has 0 aliphatic carbocycles. The second kappa shape index (κ2) is 8.05. The zero-order valence-corrected chi connectivity index (χ0v) is 17.4. The fourth-order valence-corrected chi connectivity index (χ4v) is 4.60. The molecule has 0 bridgehead atoms. The van der Waals surface area contributed by atoms with Gasteiger partial charge >= 0.3 is 0 Å². The number of amides is 1. The molecule has 1 fully saturated rings. The minimum Gasteiger partial charge on any atom is -0.359 e. The quantitative estimate of drug-likeness (QED) is 0.835. The first kappa shape index (κ1) is 20.5. The summed E-state index contributed by atoms with van der Waals surface area (Å²) in [6.45, 7) is 7.06. The maximum atomic E-state index is 12.8. The average molecular weight is 406 g/mol. The monoisotopic (exact) mass is 405 g/mol. The van der Waals surface area contributed by atoms with Crippen molar-refractivity contribution in [3.63, 3.8) is 0 Å². The van der Waals surface area contributed by atoms with Crippen molar-refractivity contribution < 1.29 is 17.7 Å². The van der Waals surface area contributed by atoms with Crippen LogP contribution in [0.2, 0.25) is 0 Å². The van der Waals surface area contributed by atoms with Gasteiger partial charge in [0.05, 0.1) is 4.90 Å². The van der Waals surface area contributed by atoms with Crippen LogP contribution >= 0.6 is 0 Å². The van der Waals surface area contributed by atoms with E-state index in [2.05, 4.69) is 10.5 Å². The highest BCUT2D eigenvalue weighted by Crippen LogP contribution is 2.25. The molecule has 0 unspecified atom stereocenters. The number of anilines is 1. The molecule has 0 saturated carbocycles. The Kier molecular flexibility index (Phi) is 5.90. The number of carbonyl (C=O) groups excluding carboxylic acids is 1. The topological polar surface area (TPSA) is 92.5 Å². The highest BCUT2D eigenvalue weighted by molar-refractivity contribution is 7.89. The lowest BCUT2D eigenvalue weighted by Crippen LogP contribution is -2.31. The molecule has 1 aromatic heterocycles. The van der Waals surface area contributed by atoms with Crippen molar-refractivity contribution in [3.05, 3.63) is 41.7 Å². The van der Waals surface area contributed by atoms with Gasteiger partial charge in [0.25, 0.3) is 5.91 Å². The summed E-state index contributed by atoms with van der Waals surface area (Å²) >= 11 is 0. The number of hydrogen-bond donors (Lipinski definition) is 1. The second-order valence-corrected chi connectivity index (χ2v) is 10.1. The third-order valence-corrected chi connectivity index (χ3v) is 6.72. The van der Waals surface area contributed by atoms with Crippen molar-refractivity contribution in [2.75, 3.05) is 18.4 Å². The average Bonchev–Trinajstić information content (AvgIpc) is 2.94. The van der Waals surface area contributed by atoms with E-state index in [0.29, 0.717) is 30.2 Å². The fraction of sp³-hybridized carbons (Fsp3) is 0.500. The van der Waals surface area contributed by atoms with Crippen LogP contribution in [0.15, 0.2) is 39.8 Å². The van der Waals surface area contributed by atoms with Crippen molar-refractivity contribution >= 4 is 21.7 Å². The SMILES string of the molecule is CC(C)(C)c1cc(NC(=O)c2ccc(S(=O)(=O)N3CCCCCC3)cc2)no1. The summed E-state index contributed by atoms with van der Waals surface area (Å²) in [6.07, 6.45) is 3.89. The maximum absolute atomic E-state index is 12.8. The van der Waals surface area contributed by atoms with Crippen molar-refractivity contribution in [1.82, 2.24) is 9.46 Å². The summed E-state index contributed by atoms with van der Waals surface area (Å²) in [6, 6.07) is 7.70. The van der Waals surface area contributed by atoms with Gasteiger partial charge in [-0.05, 0) is 37.1 Å². The van der Waals surface area contributed by atoms with Gasteiger partial charge in [-0.1, -0.05) is 38.8 Å². The Morgan fingerprint density at radius 2 is 1.68 bits per heavy atom. The van der Waals surface area contributed by atoms with Gasteiger partial charge in [-0.3, -0.25) is 4.79 Å². The van der Waals surface area contributed by atoms with Crippen molar-refractivity contribution in [2.45, 2.75) is 56.8 Å². The third-order valence-electron chi connectivity index (χ3n) is 4.81. The van der Waals surface area contributed by atoms with Crippen LogP contribution in [0.5, 0.6) is 0 Å². The maximum Gasteiger partial charge on any atom is 0.256 e. The first-order chi connectivity index (χ1) is 13.2. The number of nitrogens with one attached hydrogen (secondary N) is 1. The number of benzene rings is 1. The van der Waals surface area contributed by atoms with Gasteiger partial charge in [0, 0.05) is 30.1 Å². The molecule has 8 heteroatoms. The molecule has 1 aliphatic rings. The number of aromatic nitrogens is 1. The fourth-order valence-electron chi connectivity index (χ4n) is 3.09. The summed E-state index contributed by atoms with van der Waals surface area (Å²) in [4.78, 5) is 12.6. The Labute approximate surface area is 166 Å². The van der Waals surface area contributed by atoms with E-state index in [-0.39, 0.29) is 16.2 Å². The minimum atomic E-state index is -3.53. The van der Waals surface area contributed by atoms with E-state index < -0.39 is 10.0 Å². The molecule has 2 aromatic rings. The van der Waals surface area contributed by atoms with E-state index in [1.807, 2.05) is 20.8 Å². The third kappa shape index (κ3) is 4.62. The zero-order valence-electron chi connectivity index (χ0n) is 16.6. The Hall–Kier alpha value is -2.19. The molecule has 1 N–H and O–H groups in total. The second-order valence-electron chi connectivity index (χ2n) is 8.12. The number of nitrogens with zero attached hydrogens (tertiary/aromatic N) is 2. The number of carbonyl (C=O) groups is 1. The lowest BCUT2D eigenvalue weighted by atomic mass is 9.93. The molecule has 0 atom stereocenters. The van der Waals surface area contributed by atoms with Crippen LogP contribution in [0.3, 0.4) is 0 Å². The van der Waals surface area contributed by atoms with Crippen molar-refractivity contribution in [2.24, 2.45) is 0 Å². The molecule has 28 heavy (non-hydrogen) atoms. The van der Waals surface area contributed by atoms with Gasteiger partial charge < -0.3 is 9.84 Å². The summed E-state index contributed by atoms with van der Waals surface area (Å²) in [7, 11) is -3.53. The molecular weight excluding hydrogens is 378 g/mol. The van der Waals surface area contributed by atoms with Crippen LogP contribution in [0.4, 0.5) is 5.82 Å².